The molecule has 1 heterocycles. The van der Waals surface area contributed by atoms with Gasteiger partial charge >= 0.3 is 5.97 Å². The summed E-state index contributed by atoms with van der Waals surface area (Å²) < 4.78 is 4.65. The van der Waals surface area contributed by atoms with Gasteiger partial charge in [0.15, 0.2) is 5.16 Å². The Balaban J connectivity index is 1.96. The summed E-state index contributed by atoms with van der Waals surface area (Å²) in [4.78, 5) is 19.7. The van der Waals surface area contributed by atoms with Crippen LogP contribution in [0.4, 0.5) is 0 Å². The van der Waals surface area contributed by atoms with E-state index in [1.807, 2.05) is 19.1 Å². The normalized spacial score (nSPS) is 10.2. The van der Waals surface area contributed by atoms with Gasteiger partial charge in [-0.2, -0.15) is 0 Å². The predicted molar refractivity (Wildman–Crippen MR) is 74.1 cm³/mol. The highest BCUT2D eigenvalue weighted by Crippen LogP contribution is 2.19. The highest BCUT2D eigenvalue weighted by atomic mass is 32.2. The Morgan fingerprint density at radius 2 is 1.84 bits per heavy atom. The van der Waals surface area contributed by atoms with E-state index < -0.39 is 0 Å². The Morgan fingerprint density at radius 3 is 2.42 bits per heavy atom. The number of methoxy groups -OCH3 is 1. The number of nitrogens with zero attached hydrogens (tertiary/aromatic N) is 2. The van der Waals surface area contributed by atoms with Crippen LogP contribution in [0.2, 0.25) is 0 Å². The minimum Gasteiger partial charge on any atom is -0.465 e. The van der Waals surface area contributed by atoms with E-state index in [2.05, 4.69) is 14.7 Å². The second-order valence-corrected chi connectivity index (χ2v) is 4.96. The first kappa shape index (κ1) is 13.5. The highest BCUT2D eigenvalue weighted by molar-refractivity contribution is 7.98. The average molecular weight is 274 g/mol. The van der Waals surface area contributed by atoms with Gasteiger partial charge in [0.25, 0.3) is 0 Å². The molecular weight excluding hydrogens is 260 g/mol. The Kier molecular flexibility index (Phi) is 4.52. The molecule has 0 aliphatic carbocycles. The molecule has 1 aromatic heterocycles. The number of carbonyl (C=O) groups excluding carboxylic acids is 1. The zero-order valence-electron chi connectivity index (χ0n) is 10.8. The largest absolute Gasteiger partial charge is 0.465 e. The van der Waals surface area contributed by atoms with Crippen molar-refractivity contribution in [2.24, 2.45) is 0 Å². The van der Waals surface area contributed by atoms with Crippen LogP contribution in [-0.2, 0) is 10.5 Å². The van der Waals surface area contributed by atoms with Crippen molar-refractivity contribution in [3.8, 4) is 0 Å². The number of thioether (sulfide) groups is 1. The lowest BCUT2D eigenvalue weighted by atomic mass is 10.1. The summed E-state index contributed by atoms with van der Waals surface area (Å²) in [5, 5.41) is 0.752. The van der Waals surface area contributed by atoms with Crippen molar-refractivity contribution in [1.82, 2.24) is 9.97 Å². The molecule has 2 rings (SSSR count). The smallest absolute Gasteiger partial charge is 0.337 e. The van der Waals surface area contributed by atoms with Crippen molar-refractivity contribution in [2.45, 2.75) is 17.8 Å². The van der Waals surface area contributed by atoms with Crippen LogP contribution in [-0.4, -0.2) is 23.0 Å². The number of aromatic nitrogens is 2. The number of hydrogen-bond donors (Lipinski definition) is 0. The fourth-order valence-corrected chi connectivity index (χ4v) is 2.20. The molecule has 0 aliphatic rings. The maximum Gasteiger partial charge on any atom is 0.337 e. The third kappa shape index (κ3) is 3.79. The van der Waals surface area contributed by atoms with Crippen LogP contribution >= 0.6 is 11.8 Å². The Bertz CT molecular complexity index is 553. The van der Waals surface area contributed by atoms with E-state index in [1.54, 1.807) is 36.3 Å². The second-order valence-electron chi connectivity index (χ2n) is 4.02. The summed E-state index contributed by atoms with van der Waals surface area (Å²) in [5.41, 5.74) is 2.72. The van der Waals surface area contributed by atoms with E-state index in [-0.39, 0.29) is 5.97 Å². The number of hydrogen-bond acceptors (Lipinski definition) is 5. The van der Waals surface area contributed by atoms with Crippen LogP contribution in [0.3, 0.4) is 0 Å². The van der Waals surface area contributed by atoms with Gasteiger partial charge in [0.05, 0.1) is 12.7 Å². The quantitative estimate of drug-likeness (QED) is 0.487. The number of ether oxygens (including phenoxy) is 1. The molecule has 0 N–H and O–H groups in total. The van der Waals surface area contributed by atoms with Crippen molar-refractivity contribution in [2.75, 3.05) is 7.11 Å². The van der Waals surface area contributed by atoms with E-state index in [4.69, 9.17) is 0 Å². The first-order valence-electron chi connectivity index (χ1n) is 5.78. The molecule has 19 heavy (non-hydrogen) atoms. The molecule has 0 bridgehead atoms. The van der Waals surface area contributed by atoms with E-state index in [0.717, 1.165) is 22.0 Å². The zero-order valence-corrected chi connectivity index (χ0v) is 11.6. The molecule has 0 saturated carbocycles. The minimum absolute atomic E-state index is 0.318. The van der Waals surface area contributed by atoms with Crippen molar-refractivity contribution in [3.05, 3.63) is 53.3 Å². The van der Waals surface area contributed by atoms with Gasteiger partial charge in [0.2, 0.25) is 0 Å². The molecule has 0 aliphatic heterocycles. The lowest BCUT2D eigenvalue weighted by molar-refractivity contribution is 0.0600. The minimum atomic E-state index is -0.318. The first-order chi connectivity index (χ1) is 9.19. The Morgan fingerprint density at radius 1 is 1.21 bits per heavy atom. The molecule has 0 unspecified atom stereocenters. The van der Waals surface area contributed by atoms with Crippen molar-refractivity contribution in [1.29, 1.82) is 0 Å². The second kappa shape index (κ2) is 6.33. The predicted octanol–water partition coefficient (Wildman–Crippen LogP) is 2.86. The van der Waals surface area contributed by atoms with Gasteiger partial charge in [-0.3, -0.25) is 0 Å². The summed E-state index contributed by atoms with van der Waals surface area (Å²) in [6.07, 6.45) is 3.60. The fraction of sp³-hybridized carbons (Fsp3) is 0.214. The summed E-state index contributed by atoms with van der Waals surface area (Å²) in [6, 6.07) is 7.34. The van der Waals surface area contributed by atoms with Crippen LogP contribution in [0.15, 0.2) is 41.8 Å². The number of benzene rings is 1. The molecule has 0 spiro atoms. The van der Waals surface area contributed by atoms with E-state index in [1.165, 1.54) is 7.11 Å². The third-order valence-corrected chi connectivity index (χ3v) is 3.45. The highest BCUT2D eigenvalue weighted by Gasteiger charge is 2.05. The summed E-state index contributed by atoms with van der Waals surface area (Å²) in [5.74, 6) is 0.450. The van der Waals surface area contributed by atoms with Gasteiger partial charge in [0.1, 0.15) is 0 Å². The van der Waals surface area contributed by atoms with Gasteiger partial charge in [-0.25, -0.2) is 14.8 Å². The number of esters is 1. The molecule has 98 valence electrons. The molecule has 2 aromatic rings. The summed E-state index contributed by atoms with van der Waals surface area (Å²) >= 11 is 1.56. The van der Waals surface area contributed by atoms with Crippen LogP contribution in [0.1, 0.15) is 21.5 Å². The lowest BCUT2D eigenvalue weighted by Gasteiger charge is -2.03. The molecule has 0 radical (unpaired) electrons. The average Bonchev–Trinajstić information content (AvgIpc) is 2.46. The van der Waals surface area contributed by atoms with Gasteiger partial charge in [-0.1, -0.05) is 23.9 Å². The maximum atomic E-state index is 11.3. The number of rotatable bonds is 4. The van der Waals surface area contributed by atoms with Crippen LogP contribution < -0.4 is 0 Å². The Hall–Kier alpha value is -1.88. The number of carbonyl (C=O) groups is 1. The van der Waals surface area contributed by atoms with Gasteiger partial charge in [0, 0.05) is 18.1 Å². The fourth-order valence-electron chi connectivity index (χ4n) is 1.46. The molecule has 0 saturated heterocycles. The van der Waals surface area contributed by atoms with Crippen molar-refractivity contribution < 1.29 is 9.53 Å². The van der Waals surface area contributed by atoms with Crippen LogP contribution in [0.25, 0.3) is 0 Å². The van der Waals surface area contributed by atoms with Gasteiger partial charge in [-0.15, -0.1) is 0 Å². The van der Waals surface area contributed by atoms with E-state index >= 15 is 0 Å². The molecule has 0 atom stereocenters. The lowest BCUT2D eigenvalue weighted by Crippen LogP contribution is -2.00. The molecular formula is C14H14N2O2S. The number of aryl methyl sites for hydroxylation is 1. The van der Waals surface area contributed by atoms with Gasteiger partial charge < -0.3 is 4.74 Å². The standard InChI is InChI=1S/C14H14N2O2S/c1-10-7-15-14(16-8-10)19-9-11-3-5-12(6-4-11)13(17)18-2/h3-8H,9H2,1-2H3. The maximum absolute atomic E-state index is 11.3. The summed E-state index contributed by atoms with van der Waals surface area (Å²) in [7, 11) is 1.38. The Labute approximate surface area is 116 Å². The van der Waals surface area contributed by atoms with Crippen LogP contribution in [0, 0.1) is 6.92 Å². The third-order valence-electron chi connectivity index (χ3n) is 2.50. The van der Waals surface area contributed by atoms with E-state index in [0.29, 0.717) is 5.56 Å². The SMILES string of the molecule is COC(=O)c1ccc(CSc2ncc(C)cn2)cc1. The van der Waals surface area contributed by atoms with Gasteiger partial charge in [-0.05, 0) is 30.2 Å². The monoisotopic (exact) mass is 274 g/mol. The molecule has 0 amide bonds. The molecule has 1 aromatic carbocycles. The zero-order chi connectivity index (χ0) is 13.7. The molecule has 0 fully saturated rings. The molecule has 4 nitrogen and oxygen atoms in total. The topological polar surface area (TPSA) is 52.1 Å². The van der Waals surface area contributed by atoms with E-state index in [9.17, 15) is 4.79 Å². The summed E-state index contributed by atoms with van der Waals surface area (Å²) in [6.45, 7) is 1.96. The van der Waals surface area contributed by atoms with Crippen LogP contribution in [0.5, 0.6) is 0 Å². The van der Waals surface area contributed by atoms with Crippen molar-refractivity contribution in [3.63, 3.8) is 0 Å². The molecule has 5 heteroatoms. The van der Waals surface area contributed by atoms with Crippen molar-refractivity contribution >= 4 is 17.7 Å². The first-order valence-corrected chi connectivity index (χ1v) is 6.76.